The summed E-state index contributed by atoms with van der Waals surface area (Å²) in [5.74, 6) is -1.09. The molecule has 0 amide bonds. The maximum absolute atomic E-state index is 10.9. The van der Waals surface area contributed by atoms with Gasteiger partial charge < -0.3 is 9.67 Å². The molecule has 0 aromatic carbocycles. The Kier molecular flexibility index (Phi) is 2.24. The average molecular weight is 226 g/mol. The fraction of sp³-hybridized carbons (Fsp3) is 0.111. The molecule has 0 bridgehead atoms. The van der Waals surface area contributed by atoms with Gasteiger partial charge in [-0.3, -0.25) is 5.10 Å². The van der Waals surface area contributed by atoms with Gasteiger partial charge in [0.1, 0.15) is 16.4 Å². The van der Waals surface area contributed by atoms with Crippen LogP contribution < -0.4 is 0 Å². The van der Waals surface area contributed by atoms with Crippen LogP contribution in [-0.4, -0.2) is 25.8 Å². The van der Waals surface area contributed by atoms with Gasteiger partial charge in [0.2, 0.25) is 0 Å². The van der Waals surface area contributed by atoms with Gasteiger partial charge in [-0.25, -0.2) is 4.79 Å². The van der Waals surface area contributed by atoms with Crippen LogP contribution >= 0.6 is 11.6 Å². The molecule has 2 aromatic rings. The number of H-pyrrole nitrogens is 1. The van der Waals surface area contributed by atoms with Gasteiger partial charge in [-0.1, -0.05) is 11.6 Å². The second-order valence-electron chi connectivity index (χ2n) is 3.13. The number of nitrogens with one attached hydrogen (secondary N) is 1. The quantitative estimate of drug-likeness (QED) is 0.818. The van der Waals surface area contributed by atoms with E-state index >= 15 is 0 Å². The van der Waals surface area contributed by atoms with Crippen molar-refractivity contribution in [1.82, 2.24) is 14.8 Å². The van der Waals surface area contributed by atoms with Crippen LogP contribution in [0, 0.1) is 0 Å². The van der Waals surface area contributed by atoms with E-state index in [0.717, 1.165) is 5.56 Å². The third-order valence-corrected chi connectivity index (χ3v) is 2.31. The number of hydrogen-bond acceptors (Lipinski definition) is 2. The molecule has 6 heteroatoms. The molecule has 15 heavy (non-hydrogen) atoms. The molecule has 0 saturated carbocycles. The predicted octanol–water partition coefficient (Wildman–Crippen LogP) is 1.77. The minimum atomic E-state index is -1.09. The SMILES string of the molecule is Cn1ccc(-c2n[nH]c(Cl)c2C(=O)O)c1. The lowest BCUT2D eigenvalue weighted by atomic mass is 10.1. The molecular weight excluding hydrogens is 218 g/mol. The zero-order chi connectivity index (χ0) is 11.0. The van der Waals surface area contributed by atoms with Crippen LogP contribution in [0.3, 0.4) is 0 Å². The summed E-state index contributed by atoms with van der Waals surface area (Å²) in [5, 5.41) is 15.3. The molecule has 78 valence electrons. The molecule has 0 aliphatic carbocycles. The molecule has 0 atom stereocenters. The summed E-state index contributed by atoms with van der Waals surface area (Å²) in [6, 6.07) is 1.78. The first kappa shape index (κ1) is 9.79. The molecule has 2 heterocycles. The second kappa shape index (κ2) is 3.43. The van der Waals surface area contributed by atoms with Crippen molar-refractivity contribution in [2.45, 2.75) is 0 Å². The standard InChI is InChI=1S/C9H8ClN3O2/c1-13-3-2-5(4-13)7-6(9(14)15)8(10)12-11-7/h2-4H,1H3,(H,11,12)(H,14,15). The number of nitrogens with zero attached hydrogens (tertiary/aromatic N) is 2. The molecule has 0 spiro atoms. The highest BCUT2D eigenvalue weighted by atomic mass is 35.5. The number of aromatic amines is 1. The van der Waals surface area contributed by atoms with Gasteiger partial charge in [0.15, 0.2) is 0 Å². The number of carbonyl (C=O) groups is 1. The van der Waals surface area contributed by atoms with Gasteiger partial charge in [-0.2, -0.15) is 5.10 Å². The van der Waals surface area contributed by atoms with E-state index in [2.05, 4.69) is 10.2 Å². The smallest absolute Gasteiger partial charge is 0.341 e. The Hall–Kier alpha value is -1.75. The number of hydrogen-bond donors (Lipinski definition) is 2. The third kappa shape index (κ3) is 1.61. The Morgan fingerprint density at radius 3 is 2.93 bits per heavy atom. The number of aromatic nitrogens is 3. The summed E-state index contributed by atoms with van der Waals surface area (Å²) in [5.41, 5.74) is 1.08. The van der Waals surface area contributed by atoms with Gasteiger partial charge in [0.25, 0.3) is 0 Å². The molecule has 5 nitrogen and oxygen atoms in total. The minimum Gasteiger partial charge on any atom is -0.478 e. The second-order valence-corrected chi connectivity index (χ2v) is 3.51. The molecule has 0 aliphatic rings. The lowest BCUT2D eigenvalue weighted by molar-refractivity contribution is 0.0698. The number of carboxylic acids is 1. The van der Waals surface area contributed by atoms with Crippen LogP contribution in [0.5, 0.6) is 0 Å². The maximum atomic E-state index is 10.9. The number of aryl methyl sites for hydroxylation is 1. The van der Waals surface area contributed by atoms with Crippen molar-refractivity contribution >= 4 is 17.6 Å². The van der Waals surface area contributed by atoms with Crippen molar-refractivity contribution in [1.29, 1.82) is 0 Å². The van der Waals surface area contributed by atoms with Crippen LogP contribution in [0.1, 0.15) is 10.4 Å². The number of aromatic carboxylic acids is 1. The molecule has 0 radical (unpaired) electrons. The monoisotopic (exact) mass is 225 g/mol. The highest BCUT2D eigenvalue weighted by Crippen LogP contribution is 2.26. The summed E-state index contributed by atoms with van der Waals surface area (Å²) < 4.78 is 1.81. The molecule has 0 saturated heterocycles. The number of carboxylic acid groups (broad SMARTS) is 1. The molecule has 2 N–H and O–H groups in total. The Labute approximate surface area is 90.3 Å². The van der Waals surface area contributed by atoms with E-state index in [0.29, 0.717) is 5.69 Å². The maximum Gasteiger partial charge on any atom is 0.341 e. The first-order chi connectivity index (χ1) is 7.09. The zero-order valence-corrected chi connectivity index (χ0v) is 8.62. The summed E-state index contributed by atoms with van der Waals surface area (Å²) in [6.07, 6.45) is 3.59. The van der Waals surface area contributed by atoms with Gasteiger partial charge in [0, 0.05) is 25.0 Å². The van der Waals surface area contributed by atoms with E-state index in [-0.39, 0.29) is 10.7 Å². The molecular formula is C9H8ClN3O2. The molecule has 2 rings (SSSR count). The van der Waals surface area contributed by atoms with Crippen LogP contribution in [0.4, 0.5) is 0 Å². The van der Waals surface area contributed by atoms with Gasteiger partial charge in [-0.05, 0) is 6.07 Å². The van der Waals surface area contributed by atoms with Gasteiger partial charge >= 0.3 is 5.97 Å². The average Bonchev–Trinajstić information content (AvgIpc) is 2.71. The molecule has 0 aliphatic heterocycles. The van der Waals surface area contributed by atoms with Crippen LogP contribution in [-0.2, 0) is 7.05 Å². The Bertz CT molecular complexity index is 515. The largest absolute Gasteiger partial charge is 0.478 e. The predicted molar refractivity (Wildman–Crippen MR) is 55.0 cm³/mol. The van der Waals surface area contributed by atoms with E-state index in [1.54, 1.807) is 12.3 Å². The van der Waals surface area contributed by atoms with Crippen molar-refractivity contribution in [3.8, 4) is 11.3 Å². The first-order valence-corrected chi connectivity index (χ1v) is 4.57. The van der Waals surface area contributed by atoms with Crippen molar-refractivity contribution < 1.29 is 9.90 Å². The van der Waals surface area contributed by atoms with E-state index in [1.807, 2.05) is 17.8 Å². The number of rotatable bonds is 2. The summed E-state index contributed by atoms with van der Waals surface area (Å²) >= 11 is 5.69. The fourth-order valence-corrected chi connectivity index (χ4v) is 1.58. The Balaban J connectivity index is 2.58. The summed E-state index contributed by atoms with van der Waals surface area (Å²) in [4.78, 5) is 10.9. The molecule has 2 aromatic heterocycles. The number of halogens is 1. The summed E-state index contributed by atoms with van der Waals surface area (Å²) in [7, 11) is 1.85. The molecule has 0 fully saturated rings. The minimum absolute atomic E-state index is 0.00265. The lowest BCUT2D eigenvalue weighted by Crippen LogP contribution is -1.97. The Morgan fingerprint density at radius 1 is 1.67 bits per heavy atom. The van der Waals surface area contributed by atoms with E-state index in [9.17, 15) is 4.79 Å². The van der Waals surface area contributed by atoms with E-state index in [1.165, 1.54) is 0 Å². The van der Waals surface area contributed by atoms with Gasteiger partial charge in [-0.15, -0.1) is 0 Å². The van der Waals surface area contributed by atoms with Crippen LogP contribution in [0.2, 0.25) is 5.15 Å². The lowest BCUT2D eigenvalue weighted by Gasteiger charge is -1.94. The highest BCUT2D eigenvalue weighted by molar-refractivity contribution is 6.33. The topological polar surface area (TPSA) is 70.9 Å². The van der Waals surface area contributed by atoms with Crippen molar-refractivity contribution in [3.63, 3.8) is 0 Å². The highest BCUT2D eigenvalue weighted by Gasteiger charge is 2.20. The summed E-state index contributed by atoms with van der Waals surface area (Å²) in [6.45, 7) is 0. The van der Waals surface area contributed by atoms with Crippen LogP contribution in [0.25, 0.3) is 11.3 Å². The molecule has 0 unspecified atom stereocenters. The Morgan fingerprint density at radius 2 is 2.40 bits per heavy atom. The van der Waals surface area contributed by atoms with Crippen molar-refractivity contribution in [2.24, 2.45) is 7.05 Å². The van der Waals surface area contributed by atoms with E-state index < -0.39 is 5.97 Å². The fourth-order valence-electron chi connectivity index (χ4n) is 1.37. The third-order valence-electron chi connectivity index (χ3n) is 2.04. The zero-order valence-electron chi connectivity index (χ0n) is 7.86. The van der Waals surface area contributed by atoms with Crippen LogP contribution in [0.15, 0.2) is 18.5 Å². The van der Waals surface area contributed by atoms with E-state index in [4.69, 9.17) is 16.7 Å². The normalized spacial score (nSPS) is 10.5. The van der Waals surface area contributed by atoms with Gasteiger partial charge in [0.05, 0.1) is 0 Å². The first-order valence-electron chi connectivity index (χ1n) is 4.19. The van der Waals surface area contributed by atoms with Crippen molar-refractivity contribution in [2.75, 3.05) is 0 Å². The van der Waals surface area contributed by atoms with Crippen molar-refractivity contribution in [3.05, 3.63) is 29.2 Å².